The number of rotatable bonds is 8. The van der Waals surface area contributed by atoms with E-state index < -0.39 is 6.10 Å². The maximum atomic E-state index is 11.6. The van der Waals surface area contributed by atoms with Gasteiger partial charge < -0.3 is 9.47 Å². The molecule has 96 valence electrons. The van der Waals surface area contributed by atoms with Crippen molar-refractivity contribution < 1.29 is 14.3 Å². The second-order valence-corrected chi connectivity index (χ2v) is 4.61. The SMILES string of the molecule is CCCC(OC(C)CC(C)C)C(=O)OCC. The first-order valence-electron chi connectivity index (χ1n) is 6.33. The first-order valence-corrected chi connectivity index (χ1v) is 6.33. The lowest BCUT2D eigenvalue weighted by molar-refractivity contribution is -0.161. The molecule has 0 fully saturated rings. The third kappa shape index (κ3) is 6.83. The predicted molar refractivity (Wildman–Crippen MR) is 65.3 cm³/mol. The van der Waals surface area contributed by atoms with Crippen LogP contribution in [-0.4, -0.2) is 24.8 Å². The van der Waals surface area contributed by atoms with Crippen molar-refractivity contribution in [2.24, 2.45) is 5.92 Å². The average molecular weight is 230 g/mol. The van der Waals surface area contributed by atoms with Gasteiger partial charge in [0.1, 0.15) is 0 Å². The van der Waals surface area contributed by atoms with E-state index in [1.807, 2.05) is 20.8 Å². The van der Waals surface area contributed by atoms with Gasteiger partial charge >= 0.3 is 5.97 Å². The molecule has 0 aliphatic carbocycles. The molecule has 3 heteroatoms. The molecule has 0 aliphatic heterocycles. The Morgan fingerprint density at radius 2 is 1.81 bits per heavy atom. The van der Waals surface area contributed by atoms with Gasteiger partial charge in [-0.25, -0.2) is 4.79 Å². The Bertz CT molecular complexity index is 190. The van der Waals surface area contributed by atoms with E-state index in [-0.39, 0.29) is 12.1 Å². The highest BCUT2D eigenvalue weighted by Gasteiger charge is 2.22. The Labute approximate surface area is 99.5 Å². The average Bonchev–Trinajstić information content (AvgIpc) is 2.16. The zero-order valence-corrected chi connectivity index (χ0v) is 11.3. The molecule has 16 heavy (non-hydrogen) atoms. The van der Waals surface area contributed by atoms with Gasteiger partial charge in [0.25, 0.3) is 0 Å². The van der Waals surface area contributed by atoms with Crippen LogP contribution >= 0.6 is 0 Å². The van der Waals surface area contributed by atoms with E-state index >= 15 is 0 Å². The summed E-state index contributed by atoms with van der Waals surface area (Å²) < 4.78 is 10.7. The highest BCUT2D eigenvalue weighted by Crippen LogP contribution is 2.13. The van der Waals surface area contributed by atoms with Crippen LogP contribution in [0.3, 0.4) is 0 Å². The fourth-order valence-electron chi connectivity index (χ4n) is 1.74. The Morgan fingerprint density at radius 1 is 1.19 bits per heavy atom. The number of carbonyl (C=O) groups excluding carboxylic acids is 1. The second-order valence-electron chi connectivity index (χ2n) is 4.61. The maximum absolute atomic E-state index is 11.6. The zero-order chi connectivity index (χ0) is 12.6. The van der Waals surface area contributed by atoms with Gasteiger partial charge in [0.15, 0.2) is 6.10 Å². The number of carbonyl (C=O) groups is 1. The molecule has 2 unspecified atom stereocenters. The fraction of sp³-hybridized carbons (Fsp3) is 0.923. The lowest BCUT2D eigenvalue weighted by Crippen LogP contribution is -2.30. The summed E-state index contributed by atoms with van der Waals surface area (Å²) in [6, 6.07) is 0. The third-order valence-corrected chi connectivity index (χ3v) is 2.30. The van der Waals surface area contributed by atoms with Crippen molar-refractivity contribution in [2.45, 2.75) is 66.1 Å². The largest absolute Gasteiger partial charge is 0.464 e. The van der Waals surface area contributed by atoms with Crippen LogP contribution in [0.5, 0.6) is 0 Å². The highest BCUT2D eigenvalue weighted by molar-refractivity contribution is 5.74. The van der Waals surface area contributed by atoms with Gasteiger partial charge in [0, 0.05) is 0 Å². The van der Waals surface area contributed by atoms with Crippen molar-refractivity contribution in [3.8, 4) is 0 Å². The van der Waals surface area contributed by atoms with E-state index in [0.717, 1.165) is 19.3 Å². The Balaban J connectivity index is 4.15. The first-order chi connectivity index (χ1) is 7.51. The Kier molecular flexibility index (Phi) is 8.26. The molecular weight excluding hydrogens is 204 g/mol. The molecule has 0 aromatic heterocycles. The summed E-state index contributed by atoms with van der Waals surface area (Å²) in [7, 11) is 0. The molecule has 0 saturated carbocycles. The summed E-state index contributed by atoms with van der Waals surface area (Å²) in [6.07, 6.45) is 2.36. The standard InChI is InChI=1S/C13H26O3/c1-6-8-12(13(14)15-7-2)16-11(5)9-10(3)4/h10-12H,6-9H2,1-5H3. The van der Waals surface area contributed by atoms with Crippen LogP contribution in [0.15, 0.2) is 0 Å². The molecule has 0 spiro atoms. The molecular formula is C13H26O3. The van der Waals surface area contributed by atoms with Crippen LogP contribution in [0.25, 0.3) is 0 Å². The predicted octanol–water partition coefficient (Wildman–Crippen LogP) is 3.17. The summed E-state index contributed by atoms with van der Waals surface area (Å²) >= 11 is 0. The smallest absolute Gasteiger partial charge is 0.335 e. The summed E-state index contributed by atoms with van der Waals surface area (Å²) in [4.78, 5) is 11.6. The van der Waals surface area contributed by atoms with Crippen LogP contribution in [0.1, 0.15) is 53.9 Å². The van der Waals surface area contributed by atoms with E-state index in [9.17, 15) is 4.79 Å². The van der Waals surface area contributed by atoms with E-state index in [4.69, 9.17) is 9.47 Å². The van der Waals surface area contributed by atoms with Gasteiger partial charge in [-0.1, -0.05) is 27.2 Å². The molecule has 0 bridgehead atoms. The van der Waals surface area contributed by atoms with Gasteiger partial charge in [0.2, 0.25) is 0 Å². The lowest BCUT2D eigenvalue weighted by Gasteiger charge is -2.21. The molecule has 0 amide bonds. The van der Waals surface area contributed by atoms with Crippen LogP contribution in [-0.2, 0) is 14.3 Å². The normalized spacial score (nSPS) is 14.9. The highest BCUT2D eigenvalue weighted by atomic mass is 16.6. The van der Waals surface area contributed by atoms with Gasteiger partial charge in [-0.2, -0.15) is 0 Å². The van der Waals surface area contributed by atoms with Crippen molar-refractivity contribution in [1.82, 2.24) is 0 Å². The van der Waals surface area contributed by atoms with Crippen LogP contribution < -0.4 is 0 Å². The number of hydrogen-bond acceptors (Lipinski definition) is 3. The van der Waals surface area contributed by atoms with Crippen molar-refractivity contribution in [1.29, 1.82) is 0 Å². The van der Waals surface area contributed by atoms with Crippen LogP contribution in [0.2, 0.25) is 0 Å². The van der Waals surface area contributed by atoms with Crippen molar-refractivity contribution in [2.75, 3.05) is 6.61 Å². The molecule has 0 saturated heterocycles. The molecule has 0 N–H and O–H groups in total. The minimum absolute atomic E-state index is 0.112. The van der Waals surface area contributed by atoms with Gasteiger partial charge in [-0.3, -0.25) is 0 Å². The zero-order valence-electron chi connectivity index (χ0n) is 11.3. The third-order valence-electron chi connectivity index (χ3n) is 2.30. The summed E-state index contributed by atoms with van der Waals surface area (Å²) in [6.45, 7) is 10.6. The molecule has 0 rings (SSSR count). The van der Waals surface area contributed by atoms with Gasteiger partial charge in [0.05, 0.1) is 12.7 Å². The lowest BCUT2D eigenvalue weighted by atomic mass is 10.1. The van der Waals surface area contributed by atoms with E-state index in [0.29, 0.717) is 12.5 Å². The van der Waals surface area contributed by atoms with Crippen molar-refractivity contribution >= 4 is 5.97 Å². The summed E-state index contributed by atoms with van der Waals surface area (Å²) in [5.41, 5.74) is 0. The van der Waals surface area contributed by atoms with E-state index in [1.165, 1.54) is 0 Å². The topological polar surface area (TPSA) is 35.5 Å². The number of esters is 1. The van der Waals surface area contributed by atoms with E-state index in [1.54, 1.807) is 0 Å². The molecule has 0 aliphatic rings. The minimum atomic E-state index is -0.390. The molecule has 0 radical (unpaired) electrons. The maximum Gasteiger partial charge on any atom is 0.335 e. The molecule has 0 heterocycles. The molecule has 0 aromatic rings. The van der Waals surface area contributed by atoms with Gasteiger partial charge in [-0.05, 0) is 32.6 Å². The molecule has 3 nitrogen and oxygen atoms in total. The van der Waals surface area contributed by atoms with Crippen molar-refractivity contribution in [3.05, 3.63) is 0 Å². The Hall–Kier alpha value is -0.570. The van der Waals surface area contributed by atoms with Crippen LogP contribution in [0, 0.1) is 5.92 Å². The van der Waals surface area contributed by atoms with Crippen LogP contribution in [0.4, 0.5) is 0 Å². The van der Waals surface area contributed by atoms with Crippen molar-refractivity contribution in [3.63, 3.8) is 0 Å². The number of ether oxygens (including phenoxy) is 2. The monoisotopic (exact) mass is 230 g/mol. The Morgan fingerprint density at radius 3 is 2.25 bits per heavy atom. The molecule has 2 atom stereocenters. The minimum Gasteiger partial charge on any atom is -0.464 e. The molecule has 0 aromatic carbocycles. The van der Waals surface area contributed by atoms with Gasteiger partial charge in [-0.15, -0.1) is 0 Å². The summed E-state index contributed by atoms with van der Waals surface area (Å²) in [5, 5.41) is 0. The first kappa shape index (κ1) is 15.4. The van der Waals surface area contributed by atoms with E-state index in [2.05, 4.69) is 13.8 Å². The fourth-order valence-corrected chi connectivity index (χ4v) is 1.74. The quantitative estimate of drug-likeness (QED) is 0.601. The summed E-state index contributed by atoms with van der Waals surface area (Å²) in [5.74, 6) is 0.361. The number of hydrogen-bond donors (Lipinski definition) is 0. The second kappa shape index (κ2) is 8.57.